The summed E-state index contributed by atoms with van der Waals surface area (Å²) in [5, 5.41) is 2.59. The average Bonchev–Trinajstić information content (AvgIpc) is 3.60. The molecule has 0 atom stereocenters. The highest BCUT2D eigenvalue weighted by atomic mass is 15.2. The molecule has 4 aliphatic rings. The zero-order valence-electron chi connectivity index (χ0n) is 33.2. The van der Waals surface area contributed by atoms with E-state index in [1.807, 2.05) is 0 Å². The minimum absolute atomic E-state index is 0.132. The van der Waals surface area contributed by atoms with Gasteiger partial charge in [-0.1, -0.05) is 171 Å². The molecule has 0 saturated heterocycles. The SMILES string of the molecule is CC1(C)c2cc(-n3c4ccccc4c4ccccc43)cc3c2B2c4c1cccc4C1(c4ccccc4N(c4ccccc4)c4ccccc41)c1cccc(c12)C3(C)C. The van der Waals surface area contributed by atoms with E-state index in [4.69, 9.17) is 0 Å². The van der Waals surface area contributed by atoms with Crippen molar-refractivity contribution in [3.8, 4) is 5.69 Å². The summed E-state index contributed by atoms with van der Waals surface area (Å²) in [6.07, 6.45) is 0. The van der Waals surface area contributed by atoms with Crippen molar-refractivity contribution in [1.82, 2.24) is 4.57 Å². The second-order valence-electron chi connectivity index (χ2n) is 18.0. The Morgan fingerprint density at radius 2 is 0.776 bits per heavy atom. The quantitative estimate of drug-likeness (QED) is 0.160. The minimum Gasteiger partial charge on any atom is -0.310 e. The third-order valence-corrected chi connectivity index (χ3v) is 14.7. The van der Waals surface area contributed by atoms with Crippen LogP contribution in [0.15, 0.2) is 176 Å². The predicted octanol–water partition coefficient (Wildman–Crippen LogP) is 11.1. The number of benzene rings is 8. The highest BCUT2D eigenvalue weighted by molar-refractivity contribution is 6.98. The van der Waals surface area contributed by atoms with Crippen LogP contribution in [0.3, 0.4) is 0 Å². The number of rotatable bonds is 2. The number of para-hydroxylation sites is 5. The van der Waals surface area contributed by atoms with E-state index in [2.05, 4.69) is 213 Å². The molecule has 8 aromatic carbocycles. The van der Waals surface area contributed by atoms with Crippen molar-refractivity contribution in [2.24, 2.45) is 0 Å². The molecule has 9 aromatic rings. The second kappa shape index (κ2) is 10.9. The van der Waals surface area contributed by atoms with Gasteiger partial charge in [0.15, 0.2) is 0 Å². The van der Waals surface area contributed by atoms with E-state index >= 15 is 0 Å². The van der Waals surface area contributed by atoms with Gasteiger partial charge in [-0.15, -0.1) is 0 Å². The fraction of sp³-hybridized carbons (Fsp3) is 0.127. The minimum atomic E-state index is -0.518. The van der Waals surface area contributed by atoms with Crippen molar-refractivity contribution in [3.63, 3.8) is 0 Å². The molecule has 0 saturated carbocycles. The van der Waals surface area contributed by atoms with Gasteiger partial charge in [-0.05, 0) is 93.0 Å². The molecule has 5 heterocycles. The van der Waals surface area contributed by atoms with Gasteiger partial charge in [0.1, 0.15) is 0 Å². The van der Waals surface area contributed by atoms with Gasteiger partial charge in [0, 0.05) is 33.0 Å². The summed E-state index contributed by atoms with van der Waals surface area (Å²) in [5.74, 6) is 0. The highest BCUT2D eigenvalue weighted by Crippen LogP contribution is 2.59. The van der Waals surface area contributed by atoms with Gasteiger partial charge in [-0.25, -0.2) is 0 Å². The Hall–Kier alpha value is -6.58. The van der Waals surface area contributed by atoms with Gasteiger partial charge >= 0.3 is 0 Å². The van der Waals surface area contributed by atoms with Crippen LogP contribution in [-0.4, -0.2) is 11.3 Å². The lowest BCUT2D eigenvalue weighted by molar-refractivity contribution is 0.612. The van der Waals surface area contributed by atoms with Crippen LogP contribution < -0.4 is 21.3 Å². The third-order valence-electron chi connectivity index (χ3n) is 14.7. The molecule has 58 heavy (non-hydrogen) atoms. The maximum Gasteiger partial charge on any atom is 0.243 e. The summed E-state index contributed by atoms with van der Waals surface area (Å²) < 4.78 is 2.52. The fourth-order valence-electron chi connectivity index (χ4n) is 12.4. The smallest absolute Gasteiger partial charge is 0.243 e. The second-order valence-corrected chi connectivity index (χ2v) is 18.0. The topological polar surface area (TPSA) is 8.17 Å². The standard InChI is InChI=1S/C55H41BN2/c1-53(2)40-24-16-26-42-50(40)56-51-41(54(3,4)45-33-35(32-44(53)52(45)56)58-46-28-12-8-20-36(46)37-21-9-13-29-47(37)58)25-17-27-43(51)55(42)38-22-10-14-30-48(38)57(34-18-6-5-7-19-34)49-31-15-11-23-39(49)55/h5-33H,1-4H3. The van der Waals surface area contributed by atoms with Crippen LogP contribution in [0.25, 0.3) is 27.5 Å². The first-order chi connectivity index (χ1) is 28.3. The summed E-state index contributed by atoms with van der Waals surface area (Å²) in [7, 11) is 0. The molecular weight excluding hydrogens is 699 g/mol. The number of hydrogen-bond acceptors (Lipinski definition) is 1. The Morgan fingerprint density at radius 3 is 1.31 bits per heavy atom. The lowest BCUT2D eigenvalue weighted by Crippen LogP contribution is -2.72. The van der Waals surface area contributed by atoms with Crippen LogP contribution in [0, 0.1) is 0 Å². The molecule has 1 spiro atoms. The van der Waals surface area contributed by atoms with Crippen molar-refractivity contribution in [3.05, 3.63) is 220 Å². The predicted molar refractivity (Wildman–Crippen MR) is 243 cm³/mol. The molecule has 0 unspecified atom stereocenters. The van der Waals surface area contributed by atoms with Crippen LogP contribution in [-0.2, 0) is 16.2 Å². The summed E-state index contributed by atoms with van der Waals surface area (Å²) in [6.45, 7) is 10.1. The van der Waals surface area contributed by atoms with Crippen LogP contribution in [0.2, 0.25) is 0 Å². The van der Waals surface area contributed by atoms with Crippen LogP contribution in [0.1, 0.15) is 72.2 Å². The van der Waals surface area contributed by atoms with Crippen molar-refractivity contribution in [2.45, 2.75) is 43.9 Å². The van der Waals surface area contributed by atoms with Crippen LogP contribution in [0.5, 0.6) is 0 Å². The Morgan fingerprint density at radius 1 is 0.362 bits per heavy atom. The molecular formula is C55H41BN2. The molecule has 0 aliphatic carbocycles. The molecule has 2 nitrogen and oxygen atoms in total. The Kier molecular flexibility index (Phi) is 6.09. The van der Waals surface area contributed by atoms with Gasteiger partial charge < -0.3 is 9.47 Å². The monoisotopic (exact) mass is 740 g/mol. The van der Waals surface area contributed by atoms with E-state index in [0.717, 1.165) is 0 Å². The van der Waals surface area contributed by atoms with E-state index < -0.39 is 5.41 Å². The fourth-order valence-corrected chi connectivity index (χ4v) is 12.4. The van der Waals surface area contributed by atoms with Crippen LogP contribution >= 0.6 is 0 Å². The van der Waals surface area contributed by atoms with Crippen molar-refractivity contribution in [2.75, 3.05) is 4.90 Å². The molecule has 0 radical (unpaired) electrons. The molecule has 0 amide bonds. The first-order valence-electron chi connectivity index (χ1n) is 20.8. The zero-order valence-corrected chi connectivity index (χ0v) is 33.2. The molecule has 3 heteroatoms. The van der Waals surface area contributed by atoms with Gasteiger partial charge in [0.25, 0.3) is 0 Å². The van der Waals surface area contributed by atoms with E-state index in [9.17, 15) is 0 Å². The molecule has 4 aliphatic heterocycles. The lowest BCUT2D eigenvalue weighted by Gasteiger charge is -2.56. The van der Waals surface area contributed by atoms with Crippen molar-refractivity contribution in [1.29, 1.82) is 0 Å². The van der Waals surface area contributed by atoms with E-state index in [-0.39, 0.29) is 17.5 Å². The molecule has 13 rings (SSSR count). The number of hydrogen-bond donors (Lipinski definition) is 0. The van der Waals surface area contributed by atoms with E-state index in [0.29, 0.717) is 0 Å². The number of nitrogens with zero attached hydrogens (tertiary/aromatic N) is 2. The van der Waals surface area contributed by atoms with Gasteiger partial charge in [0.05, 0.1) is 27.8 Å². The van der Waals surface area contributed by atoms with Crippen molar-refractivity contribution >= 4 is 62.0 Å². The summed E-state index contributed by atoms with van der Waals surface area (Å²) in [6, 6.07) is 66.9. The summed E-state index contributed by atoms with van der Waals surface area (Å²) in [4.78, 5) is 2.49. The number of aromatic nitrogens is 1. The highest BCUT2D eigenvalue weighted by Gasteiger charge is 2.59. The van der Waals surface area contributed by atoms with E-state index in [1.165, 1.54) is 105 Å². The zero-order chi connectivity index (χ0) is 38.7. The number of anilines is 3. The molecule has 0 fully saturated rings. The lowest BCUT2D eigenvalue weighted by atomic mass is 9.23. The number of fused-ring (bicyclic) bond motifs is 9. The Balaban J connectivity index is 1.17. The van der Waals surface area contributed by atoms with Gasteiger partial charge in [-0.3, -0.25) is 0 Å². The van der Waals surface area contributed by atoms with Crippen LogP contribution in [0.4, 0.5) is 17.1 Å². The molecule has 1 aromatic heterocycles. The van der Waals surface area contributed by atoms with Crippen molar-refractivity contribution < 1.29 is 0 Å². The first-order valence-corrected chi connectivity index (χ1v) is 20.8. The molecule has 274 valence electrons. The summed E-state index contributed by atoms with van der Waals surface area (Å²) >= 11 is 0. The maximum absolute atomic E-state index is 2.56. The normalized spacial score (nSPS) is 16.6. The maximum atomic E-state index is 2.56. The Labute approximate surface area is 340 Å². The first kappa shape index (κ1) is 32.5. The third kappa shape index (κ3) is 3.68. The Bertz CT molecular complexity index is 3070. The summed E-state index contributed by atoms with van der Waals surface area (Å²) in [5.41, 5.74) is 22.2. The van der Waals surface area contributed by atoms with Gasteiger partial charge in [-0.2, -0.15) is 0 Å². The van der Waals surface area contributed by atoms with Gasteiger partial charge in [0.2, 0.25) is 6.71 Å². The molecule has 0 bridgehead atoms. The largest absolute Gasteiger partial charge is 0.310 e. The molecule has 0 N–H and O–H groups in total. The van der Waals surface area contributed by atoms with E-state index in [1.54, 1.807) is 0 Å². The average molecular weight is 741 g/mol.